The number of aryl methyl sites for hydroxylation is 2. The minimum Gasteiger partial charge on any atom is -0.507 e. The van der Waals surface area contributed by atoms with Crippen LogP contribution in [0.3, 0.4) is 0 Å². The molecule has 3 fully saturated rings. The maximum atomic E-state index is 12.1. The highest BCUT2D eigenvalue weighted by Gasteiger charge is 2.44. The van der Waals surface area contributed by atoms with Gasteiger partial charge in [-0.25, -0.2) is 0 Å². The van der Waals surface area contributed by atoms with E-state index in [1.54, 1.807) is 0 Å². The molecule has 0 unspecified atom stereocenters. The minimum absolute atomic E-state index is 0.0361. The molecule has 3 aliphatic rings. The molecule has 196 valence electrons. The summed E-state index contributed by atoms with van der Waals surface area (Å²) in [6.45, 7) is 9.12. The third-order valence-electron chi connectivity index (χ3n) is 10.5. The van der Waals surface area contributed by atoms with E-state index in [1.165, 1.54) is 56.1 Å². The van der Waals surface area contributed by atoms with E-state index in [0.717, 1.165) is 73.6 Å². The Morgan fingerprint density at radius 2 is 0.778 bits per heavy atom. The van der Waals surface area contributed by atoms with Crippen molar-refractivity contribution in [2.75, 3.05) is 0 Å². The molecule has 2 N–H and O–H groups in total. The lowest BCUT2D eigenvalue weighted by Gasteiger charge is -2.43. The molecule has 36 heavy (non-hydrogen) atoms. The lowest BCUT2D eigenvalue weighted by Crippen LogP contribution is -2.33. The first-order valence-electron chi connectivity index (χ1n) is 14.9. The fourth-order valence-electron chi connectivity index (χ4n) is 8.25. The summed E-state index contributed by atoms with van der Waals surface area (Å²) in [5.41, 5.74) is 6.66. The highest BCUT2D eigenvalue weighted by Crippen LogP contribution is 2.56. The van der Waals surface area contributed by atoms with Crippen molar-refractivity contribution in [3.05, 3.63) is 57.6 Å². The summed E-state index contributed by atoms with van der Waals surface area (Å²) in [5, 5.41) is 24.1. The van der Waals surface area contributed by atoms with Crippen molar-refractivity contribution >= 4 is 0 Å². The number of hydrogen-bond donors (Lipinski definition) is 2. The van der Waals surface area contributed by atoms with Gasteiger partial charge >= 0.3 is 0 Å². The van der Waals surface area contributed by atoms with E-state index in [1.807, 2.05) is 0 Å². The number of phenolic OH excluding ortho intramolecular Hbond substituents is 2. The van der Waals surface area contributed by atoms with Gasteiger partial charge in [-0.1, -0.05) is 107 Å². The predicted octanol–water partition coefficient (Wildman–Crippen LogP) is 9.41. The Hall–Kier alpha value is -1.96. The molecule has 0 amide bonds. The molecule has 0 spiro atoms. The molecule has 0 bridgehead atoms. The van der Waals surface area contributed by atoms with E-state index in [-0.39, 0.29) is 16.2 Å². The quantitative estimate of drug-likeness (QED) is 0.450. The SMILES string of the molecule is Cc1cc(C2(C)CCCCC2)c(O)c(C2(c3cc(C)cc(C4(C)CCCCC4)c3O)CCCCC2)c1. The Morgan fingerprint density at radius 1 is 0.472 bits per heavy atom. The van der Waals surface area contributed by atoms with Crippen LogP contribution in [0.1, 0.15) is 144 Å². The number of rotatable bonds is 4. The molecule has 3 saturated carbocycles. The number of benzene rings is 2. The predicted molar refractivity (Wildman–Crippen MR) is 150 cm³/mol. The van der Waals surface area contributed by atoms with Crippen molar-refractivity contribution in [1.82, 2.24) is 0 Å². The van der Waals surface area contributed by atoms with E-state index >= 15 is 0 Å². The van der Waals surface area contributed by atoms with Crippen LogP contribution >= 0.6 is 0 Å². The lowest BCUT2D eigenvalue weighted by atomic mass is 9.61. The van der Waals surface area contributed by atoms with Gasteiger partial charge in [-0.2, -0.15) is 0 Å². The van der Waals surface area contributed by atoms with Crippen molar-refractivity contribution < 1.29 is 10.2 Å². The maximum absolute atomic E-state index is 12.1. The summed E-state index contributed by atoms with van der Waals surface area (Å²) in [6.07, 6.45) is 17.7. The molecule has 0 radical (unpaired) electrons. The average molecular weight is 489 g/mol. The summed E-state index contributed by atoms with van der Waals surface area (Å²) in [4.78, 5) is 0. The van der Waals surface area contributed by atoms with Crippen molar-refractivity contribution in [2.45, 2.75) is 140 Å². The standard InChI is InChI=1S/C34H48O2/c1-24-20-26(32(3)14-8-5-9-15-32)30(35)28(22-24)34(18-12-7-13-19-34)29-23-25(2)21-27(31(29)36)33(4)16-10-6-11-17-33/h20-23,35-36H,5-19H2,1-4H3. The van der Waals surface area contributed by atoms with E-state index < -0.39 is 0 Å². The van der Waals surface area contributed by atoms with Crippen molar-refractivity contribution in [3.8, 4) is 11.5 Å². The molecule has 0 atom stereocenters. The van der Waals surface area contributed by atoms with Gasteiger partial charge in [-0.15, -0.1) is 0 Å². The van der Waals surface area contributed by atoms with Crippen LogP contribution in [0, 0.1) is 13.8 Å². The van der Waals surface area contributed by atoms with Crippen LogP contribution in [0.2, 0.25) is 0 Å². The van der Waals surface area contributed by atoms with Crippen LogP contribution in [0.5, 0.6) is 11.5 Å². The fourth-order valence-corrected chi connectivity index (χ4v) is 8.25. The monoisotopic (exact) mass is 488 g/mol. The number of aromatic hydroxyl groups is 2. The molecule has 0 saturated heterocycles. The molecule has 2 nitrogen and oxygen atoms in total. The third-order valence-corrected chi connectivity index (χ3v) is 10.5. The Bertz CT molecular complexity index is 1010. The van der Waals surface area contributed by atoms with Gasteiger partial charge < -0.3 is 10.2 Å². The molecule has 2 heteroatoms. The first kappa shape index (κ1) is 25.7. The Labute approximate surface area is 219 Å². The van der Waals surface area contributed by atoms with Gasteiger partial charge in [-0.05, 0) is 63.2 Å². The van der Waals surface area contributed by atoms with Crippen LogP contribution in [0.4, 0.5) is 0 Å². The van der Waals surface area contributed by atoms with Gasteiger partial charge in [0.1, 0.15) is 11.5 Å². The zero-order chi connectivity index (χ0) is 25.6. The van der Waals surface area contributed by atoms with Crippen molar-refractivity contribution in [1.29, 1.82) is 0 Å². The van der Waals surface area contributed by atoms with E-state index in [4.69, 9.17) is 0 Å². The topological polar surface area (TPSA) is 40.5 Å². The molecular formula is C34H48O2. The number of hydrogen-bond acceptors (Lipinski definition) is 2. The summed E-state index contributed by atoms with van der Waals surface area (Å²) < 4.78 is 0. The second-order valence-electron chi connectivity index (χ2n) is 13.3. The Morgan fingerprint density at radius 3 is 1.14 bits per heavy atom. The van der Waals surface area contributed by atoms with Crippen LogP contribution in [-0.4, -0.2) is 10.2 Å². The normalized spacial score (nSPS) is 23.3. The van der Waals surface area contributed by atoms with Crippen molar-refractivity contribution in [2.24, 2.45) is 0 Å². The second-order valence-corrected chi connectivity index (χ2v) is 13.3. The fraction of sp³-hybridized carbons (Fsp3) is 0.647. The Balaban J connectivity index is 1.71. The number of phenols is 2. The zero-order valence-corrected chi connectivity index (χ0v) is 23.3. The second kappa shape index (κ2) is 9.73. The highest BCUT2D eigenvalue weighted by atomic mass is 16.3. The maximum Gasteiger partial charge on any atom is 0.123 e. The van der Waals surface area contributed by atoms with Gasteiger partial charge in [0.25, 0.3) is 0 Å². The van der Waals surface area contributed by atoms with Gasteiger partial charge in [-0.3, -0.25) is 0 Å². The summed E-state index contributed by atoms with van der Waals surface area (Å²) in [6, 6.07) is 9.01. The van der Waals surface area contributed by atoms with Gasteiger partial charge in [0.05, 0.1) is 0 Å². The lowest BCUT2D eigenvalue weighted by molar-refractivity contribution is 0.289. The van der Waals surface area contributed by atoms with E-state index in [2.05, 4.69) is 52.0 Å². The molecule has 3 aliphatic carbocycles. The van der Waals surface area contributed by atoms with Crippen LogP contribution in [-0.2, 0) is 16.2 Å². The summed E-state index contributed by atoms with van der Waals surface area (Å²) in [5.74, 6) is 1.02. The molecule has 0 aliphatic heterocycles. The molecule has 0 heterocycles. The zero-order valence-electron chi connectivity index (χ0n) is 23.3. The van der Waals surface area contributed by atoms with E-state index in [9.17, 15) is 10.2 Å². The van der Waals surface area contributed by atoms with E-state index in [0.29, 0.717) is 11.5 Å². The average Bonchev–Trinajstić information content (AvgIpc) is 2.87. The molecule has 2 aromatic carbocycles. The van der Waals surface area contributed by atoms with Gasteiger partial charge in [0.2, 0.25) is 0 Å². The summed E-state index contributed by atoms with van der Waals surface area (Å²) in [7, 11) is 0. The van der Waals surface area contributed by atoms with Crippen LogP contribution in [0.25, 0.3) is 0 Å². The molecule has 2 aromatic rings. The van der Waals surface area contributed by atoms with Crippen LogP contribution < -0.4 is 0 Å². The first-order chi connectivity index (χ1) is 17.2. The largest absolute Gasteiger partial charge is 0.507 e. The highest BCUT2D eigenvalue weighted by molar-refractivity contribution is 5.60. The third kappa shape index (κ3) is 4.37. The molecule has 0 aromatic heterocycles. The van der Waals surface area contributed by atoms with Crippen molar-refractivity contribution in [3.63, 3.8) is 0 Å². The molecular weight excluding hydrogens is 440 g/mol. The van der Waals surface area contributed by atoms with Crippen LogP contribution in [0.15, 0.2) is 24.3 Å². The Kier molecular flexibility index (Phi) is 6.94. The molecule has 5 rings (SSSR count). The minimum atomic E-state index is -0.329. The first-order valence-corrected chi connectivity index (χ1v) is 14.9. The van der Waals surface area contributed by atoms with Gasteiger partial charge in [0, 0.05) is 27.7 Å². The summed E-state index contributed by atoms with van der Waals surface area (Å²) >= 11 is 0. The smallest absolute Gasteiger partial charge is 0.123 e. The van der Waals surface area contributed by atoms with Gasteiger partial charge in [0.15, 0.2) is 0 Å².